The van der Waals surface area contributed by atoms with Gasteiger partial charge >= 0.3 is 12.0 Å². The van der Waals surface area contributed by atoms with Crippen LogP contribution in [0.4, 0.5) is 4.79 Å². The fraction of sp³-hybridized carbons (Fsp3) is 0.700. The zero-order chi connectivity index (χ0) is 13.7. The normalized spacial score (nSPS) is 21.1. The zero-order valence-corrected chi connectivity index (χ0v) is 10.0. The van der Waals surface area contributed by atoms with Crippen molar-refractivity contribution in [2.75, 3.05) is 19.6 Å². The first-order chi connectivity index (χ1) is 8.43. The van der Waals surface area contributed by atoms with Crippen molar-refractivity contribution in [3.8, 4) is 0 Å². The van der Waals surface area contributed by atoms with E-state index in [0.29, 0.717) is 13.1 Å². The van der Waals surface area contributed by atoms with E-state index in [1.54, 1.807) is 6.92 Å². The summed E-state index contributed by atoms with van der Waals surface area (Å²) in [5.41, 5.74) is 0. The van der Waals surface area contributed by atoms with Gasteiger partial charge in [-0.1, -0.05) is 0 Å². The maximum absolute atomic E-state index is 11.7. The van der Waals surface area contributed by atoms with Crippen LogP contribution in [0, 0.1) is 0 Å². The number of aliphatic hydroxyl groups is 1. The van der Waals surface area contributed by atoms with Crippen LogP contribution in [0.15, 0.2) is 0 Å². The monoisotopic (exact) mass is 259 g/mol. The molecule has 0 spiro atoms. The number of carboxylic acids is 1. The van der Waals surface area contributed by atoms with Gasteiger partial charge in [0.2, 0.25) is 5.91 Å². The van der Waals surface area contributed by atoms with Crippen molar-refractivity contribution < 1.29 is 24.6 Å². The highest BCUT2D eigenvalue weighted by atomic mass is 16.4. The van der Waals surface area contributed by atoms with Crippen LogP contribution in [0.5, 0.6) is 0 Å². The minimum absolute atomic E-state index is 0.0388. The van der Waals surface area contributed by atoms with Gasteiger partial charge in [-0.2, -0.15) is 0 Å². The minimum Gasteiger partial charge on any atom is -0.479 e. The molecule has 102 valence electrons. The topological polar surface area (TPSA) is 119 Å². The Bertz CT molecular complexity index is 346. The van der Waals surface area contributed by atoms with Crippen LogP contribution >= 0.6 is 0 Å². The number of carbonyl (C=O) groups excluding carboxylic acids is 2. The second kappa shape index (κ2) is 6.20. The number of piperazine rings is 1. The van der Waals surface area contributed by atoms with Crippen LogP contribution < -0.4 is 10.6 Å². The molecule has 1 fully saturated rings. The molecular formula is C10H17N3O5. The second-order valence-electron chi connectivity index (χ2n) is 4.04. The number of carbonyl (C=O) groups is 3. The van der Waals surface area contributed by atoms with Crippen LogP contribution in [0.2, 0.25) is 0 Å². The van der Waals surface area contributed by atoms with E-state index in [9.17, 15) is 14.4 Å². The van der Waals surface area contributed by atoms with Crippen LogP contribution in [-0.2, 0) is 9.59 Å². The van der Waals surface area contributed by atoms with Gasteiger partial charge in [0.15, 0.2) is 6.10 Å². The molecule has 0 bridgehead atoms. The van der Waals surface area contributed by atoms with Crippen LogP contribution in [0.25, 0.3) is 0 Å². The van der Waals surface area contributed by atoms with E-state index in [1.807, 2.05) is 0 Å². The van der Waals surface area contributed by atoms with Gasteiger partial charge in [-0.05, 0) is 6.92 Å². The van der Waals surface area contributed by atoms with Gasteiger partial charge < -0.3 is 25.7 Å². The molecule has 0 radical (unpaired) electrons. The lowest BCUT2D eigenvalue weighted by atomic mass is 10.2. The molecule has 1 aliphatic rings. The van der Waals surface area contributed by atoms with Crippen LogP contribution in [-0.4, -0.2) is 64.8 Å². The van der Waals surface area contributed by atoms with Gasteiger partial charge in [0.1, 0.15) is 6.04 Å². The van der Waals surface area contributed by atoms with Crippen molar-refractivity contribution >= 4 is 17.9 Å². The smallest absolute Gasteiger partial charge is 0.332 e. The molecule has 0 aliphatic carbocycles. The summed E-state index contributed by atoms with van der Waals surface area (Å²) in [4.78, 5) is 34.8. The number of amides is 3. The zero-order valence-electron chi connectivity index (χ0n) is 10.0. The van der Waals surface area contributed by atoms with Crippen molar-refractivity contribution in [2.24, 2.45) is 0 Å². The molecule has 0 aromatic heterocycles. The lowest BCUT2D eigenvalue weighted by molar-refractivity contribution is -0.146. The third-order valence-electron chi connectivity index (χ3n) is 2.74. The Morgan fingerprint density at radius 2 is 2.28 bits per heavy atom. The Kier molecular flexibility index (Phi) is 4.90. The molecule has 0 aromatic carbocycles. The molecule has 18 heavy (non-hydrogen) atoms. The standard InChI is InChI=1S/C10H17N3O5/c1-6-8(15)11-4-5-13(6)10(18)12-3-2-7(14)9(16)17/h6-7,14H,2-5H2,1H3,(H,11,15)(H,12,18)(H,16,17)/t6?,7-/m0/s1. The van der Waals surface area contributed by atoms with Crippen molar-refractivity contribution in [3.05, 3.63) is 0 Å². The summed E-state index contributed by atoms with van der Waals surface area (Å²) < 4.78 is 0. The Labute approximate surface area is 104 Å². The maximum atomic E-state index is 11.7. The van der Waals surface area contributed by atoms with Crippen molar-refractivity contribution in [1.82, 2.24) is 15.5 Å². The molecule has 2 atom stereocenters. The van der Waals surface area contributed by atoms with E-state index in [1.165, 1.54) is 4.90 Å². The van der Waals surface area contributed by atoms with Crippen molar-refractivity contribution in [2.45, 2.75) is 25.5 Å². The summed E-state index contributed by atoms with van der Waals surface area (Å²) in [6, 6.07) is -0.988. The first-order valence-electron chi connectivity index (χ1n) is 5.66. The number of nitrogens with zero attached hydrogens (tertiary/aromatic N) is 1. The number of nitrogens with one attached hydrogen (secondary N) is 2. The Morgan fingerprint density at radius 1 is 1.61 bits per heavy atom. The molecule has 1 rings (SSSR count). The summed E-state index contributed by atoms with van der Waals surface area (Å²) >= 11 is 0. The molecule has 0 aromatic rings. The molecular weight excluding hydrogens is 242 g/mol. The van der Waals surface area contributed by atoms with Crippen LogP contribution in [0.1, 0.15) is 13.3 Å². The average Bonchev–Trinajstić information content (AvgIpc) is 2.32. The molecule has 1 aliphatic heterocycles. The second-order valence-corrected chi connectivity index (χ2v) is 4.04. The highest BCUT2D eigenvalue weighted by Gasteiger charge is 2.29. The van der Waals surface area contributed by atoms with Crippen LogP contribution in [0.3, 0.4) is 0 Å². The van der Waals surface area contributed by atoms with Gasteiger partial charge in [-0.15, -0.1) is 0 Å². The summed E-state index contributed by atoms with van der Waals surface area (Å²) in [6.07, 6.45) is -1.57. The van der Waals surface area contributed by atoms with E-state index >= 15 is 0 Å². The molecule has 3 amide bonds. The number of hydrogen-bond acceptors (Lipinski definition) is 4. The average molecular weight is 259 g/mol. The lowest BCUT2D eigenvalue weighted by Gasteiger charge is -2.32. The largest absolute Gasteiger partial charge is 0.479 e. The fourth-order valence-corrected chi connectivity index (χ4v) is 1.60. The number of aliphatic carboxylic acids is 1. The van der Waals surface area contributed by atoms with Crippen molar-refractivity contribution in [1.29, 1.82) is 0 Å². The number of hydrogen-bond donors (Lipinski definition) is 4. The SMILES string of the molecule is CC1C(=O)NCCN1C(=O)NCC[C@H](O)C(=O)O. The Morgan fingerprint density at radius 3 is 2.89 bits per heavy atom. The number of urea groups is 1. The lowest BCUT2D eigenvalue weighted by Crippen LogP contribution is -2.58. The third kappa shape index (κ3) is 3.59. The van der Waals surface area contributed by atoms with Crippen molar-refractivity contribution in [3.63, 3.8) is 0 Å². The van der Waals surface area contributed by atoms with Gasteiger partial charge in [-0.3, -0.25) is 4.79 Å². The van der Waals surface area contributed by atoms with Gasteiger partial charge in [-0.25, -0.2) is 9.59 Å². The van der Waals surface area contributed by atoms with Gasteiger partial charge in [0, 0.05) is 26.1 Å². The Hall–Kier alpha value is -1.83. The molecule has 8 nitrogen and oxygen atoms in total. The molecule has 1 saturated heterocycles. The molecule has 0 saturated carbocycles. The predicted molar refractivity (Wildman–Crippen MR) is 60.8 cm³/mol. The summed E-state index contributed by atoms with van der Waals surface area (Å²) in [7, 11) is 0. The van der Waals surface area contributed by atoms with E-state index in [4.69, 9.17) is 10.2 Å². The maximum Gasteiger partial charge on any atom is 0.332 e. The highest BCUT2D eigenvalue weighted by molar-refractivity contribution is 5.87. The molecule has 1 heterocycles. The molecule has 1 unspecified atom stereocenters. The molecule has 8 heteroatoms. The number of carboxylic acid groups (broad SMARTS) is 1. The number of aliphatic hydroxyl groups excluding tert-OH is 1. The summed E-state index contributed by atoms with van der Waals surface area (Å²) in [5, 5.41) is 22.6. The third-order valence-corrected chi connectivity index (χ3v) is 2.74. The highest BCUT2D eigenvalue weighted by Crippen LogP contribution is 2.03. The van der Waals surface area contributed by atoms with E-state index in [0.717, 1.165) is 0 Å². The predicted octanol–water partition coefficient (Wildman–Crippen LogP) is -1.65. The molecule has 4 N–H and O–H groups in total. The quantitative estimate of drug-likeness (QED) is 0.482. The van der Waals surface area contributed by atoms with E-state index < -0.39 is 24.1 Å². The number of rotatable bonds is 4. The van der Waals surface area contributed by atoms with E-state index in [2.05, 4.69) is 10.6 Å². The fourth-order valence-electron chi connectivity index (χ4n) is 1.60. The first kappa shape index (κ1) is 14.2. The van der Waals surface area contributed by atoms with Gasteiger partial charge in [0.25, 0.3) is 0 Å². The van der Waals surface area contributed by atoms with E-state index in [-0.39, 0.29) is 18.9 Å². The summed E-state index contributed by atoms with van der Waals surface area (Å²) in [5.74, 6) is -1.54. The summed E-state index contributed by atoms with van der Waals surface area (Å²) in [6.45, 7) is 2.45. The van der Waals surface area contributed by atoms with Gasteiger partial charge in [0.05, 0.1) is 0 Å². The Balaban J connectivity index is 2.36. The minimum atomic E-state index is -1.49. The first-order valence-corrected chi connectivity index (χ1v) is 5.66.